The molecule has 0 aliphatic rings. The van der Waals surface area contributed by atoms with Crippen molar-refractivity contribution in [3.8, 4) is 5.75 Å². The zero-order valence-corrected chi connectivity index (χ0v) is 17.3. The van der Waals surface area contributed by atoms with Crippen molar-refractivity contribution in [2.75, 3.05) is 10.6 Å². The van der Waals surface area contributed by atoms with E-state index in [0.29, 0.717) is 16.7 Å². The molecule has 2 amide bonds. The third kappa shape index (κ3) is 5.53. The lowest BCUT2D eigenvalue weighted by Crippen LogP contribution is -2.19. The molecule has 3 aromatic rings. The van der Waals surface area contributed by atoms with E-state index in [4.69, 9.17) is 4.74 Å². The summed E-state index contributed by atoms with van der Waals surface area (Å²) in [7, 11) is 0. The predicted octanol–water partition coefficient (Wildman–Crippen LogP) is 5.37. The Kier molecular flexibility index (Phi) is 5.94. The summed E-state index contributed by atoms with van der Waals surface area (Å²) in [6.07, 6.45) is 0. The molecule has 0 unspecified atom stereocenters. The van der Waals surface area contributed by atoms with Gasteiger partial charge in [0.25, 0.3) is 0 Å². The van der Waals surface area contributed by atoms with Crippen LogP contribution in [0.4, 0.5) is 15.6 Å². The maximum absolute atomic E-state index is 12.2. The van der Waals surface area contributed by atoms with Gasteiger partial charge in [0.2, 0.25) is 5.13 Å². The highest BCUT2D eigenvalue weighted by atomic mass is 32.1. The van der Waals surface area contributed by atoms with Crippen LogP contribution < -0.4 is 15.4 Å². The lowest BCUT2D eigenvalue weighted by molar-refractivity contribution is 0.262. The van der Waals surface area contributed by atoms with Crippen LogP contribution in [0.15, 0.2) is 48.5 Å². The van der Waals surface area contributed by atoms with E-state index < -0.39 is 0 Å². The number of hydrogen-bond acceptors (Lipinski definition) is 5. The number of anilines is 2. The van der Waals surface area contributed by atoms with Gasteiger partial charge in [0.05, 0.1) is 0 Å². The number of ether oxygens (including phenoxy) is 1. The highest BCUT2D eigenvalue weighted by Crippen LogP contribution is 2.24. The van der Waals surface area contributed by atoms with Crippen molar-refractivity contribution in [3.63, 3.8) is 0 Å². The van der Waals surface area contributed by atoms with E-state index >= 15 is 0 Å². The first-order valence-corrected chi connectivity index (χ1v) is 9.82. The summed E-state index contributed by atoms with van der Waals surface area (Å²) in [5.41, 5.74) is 3.13. The second-order valence-corrected chi connectivity index (χ2v) is 8.57. The summed E-state index contributed by atoms with van der Waals surface area (Å²) in [6.45, 7) is 8.77. The molecule has 0 aliphatic heterocycles. The van der Waals surface area contributed by atoms with Gasteiger partial charge in [-0.1, -0.05) is 56.4 Å². The molecule has 146 valence electrons. The first-order chi connectivity index (χ1) is 13.3. The van der Waals surface area contributed by atoms with Crippen LogP contribution in [-0.4, -0.2) is 16.2 Å². The topological polar surface area (TPSA) is 76.1 Å². The van der Waals surface area contributed by atoms with Crippen LogP contribution in [0, 0.1) is 6.92 Å². The number of urea groups is 1. The molecule has 2 aromatic carbocycles. The second-order valence-electron chi connectivity index (χ2n) is 7.51. The van der Waals surface area contributed by atoms with Crippen molar-refractivity contribution in [2.45, 2.75) is 39.7 Å². The molecule has 1 aromatic heterocycles. The molecule has 0 saturated carbocycles. The van der Waals surface area contributed by atoms with E-state index in [0.717, 1.165) is 17.0 Å². The standard InChI is InChI=1S/C21H24N4O2S/c1-14-6-5-7-17(12-14)27-13-18-24-25-20(28-18)23-19(26)22-16-10-8-15(9-11-16)21(2,3)4/h5-12H,13H2,1-4H3,(H2,22,23,25,26). The first-order valence-electron chi connectivity index (χ1n) is 9.00. The number of hydrogen-bond donors (Lipinski definition) is 2. The molecule has 28 heavy (non-hydrogen) atoms. The van der Waals surface area contributed by atoms with Crippen LogP contribution >= 0.6 is 11.3 Å². The number of aromatic nitrogens is 2. The molecule has 0 radical (unpaired) electrons. The van der Waals surface area contributed by atoms with E-state index in [-0.39, 0.29) is 11.4 Å². The summed E-state index contributed by atoms with van der Waals surface area (Å²) >= 11 is 1.28. The fraction of sp³-hybridized carbons (Fsp3) is 0.286. The molecule has 1 heterocycles. The van der Waals surface area contributed by atoms with Gasteiger partial charge in [-0.15, -0.1) is 10.2 Å². The third-order valence-corrected chi connectivity index (χ3v) is 4.86. The SMILES string of the molecule is Cc1cccc(OCc2nnc(NC(=O)Nc3ccc(C(C)(C)C)cc3)s2)c1. The van der Waals surface area contributed by atoms with Gasteiger partial charge in [0.1, 0.15) is 12.4 Å². The van der Waals surface area contributed by atoms with Gasteiger partial charge in [0.15, 0.2) is 5.01 Å². The molecule has 0 spiro atoms. The number of nitrogens with zero attached hydrogens (tertiary/aromatic N) is 2. The molecule has 0 saturated heterocycles. The lowest BCUT2D eigenvalue weighted by atomic mass is 9.87. The van der Waals surface area contributed by atoms with E-state index in [1.807, 2.05) is 55.5 Å². The van der Waals surface area contributed by atoms with Crippen molar-refractivity contribution in [3.05, 3.63) is 64.7 Å². The summed E-state index contributed by atoms with van der Waals surface area (Å²) < 4.78 is 5.71. The van der Waals surface area contributed by atoms with Gasteiger partial charge in [-0.3, -0.25) is 5.32 Å². The predicted molar refractivity (Wildman–Crippen MR) is 113 cm³/mol. The van der Waals surface area contributed by atoms with Crippen LogP contribution in [-0.2, 0) is 12.0 Å². The molecule has 0 fully saturated rings. The Morgan fingerprint density at radius 2 is 1.82 bits per heavy atom. The van der Waals surface area contributed by atoms with E-state index in [2.05, 4.69) is 41.6 Å². The third-order valence-electron chi connectivity index (χ3n) is 4.05. The van der Waals surface area contributed by atoms with Crippen LogP contribution in [0.1, 0.15) is 36.9 Å². The number of benzene rings is 2. The van der Waals surface area contributed by atoms with Gasteiger partial charge in [0, 0.05) is 5.69 Å². The van der Waals surface area contributed by atoms with Gasteiger partial charge in [-0.05, 0) is 47.7 Å². The van der Waals surface area contributed by atoms with Gasteiger partial charge in [-0.2, -0.15) is 0 Å². The minimum absolute atomic E-state index is 0.0737. The number of nitrogens with one attached hydrogen (secondary N) is 2. The van der Waals surface area contributed by atoms with Crippen molar-refractivity contribution in [1.82, 2.24) is 10.2 Å². The van der Waals surface area contributed by atoms with Crippen molar-refractivity contribution < 1.29 is 9.53 Å². The quantitative estimate of drug-likeness (QED) is 0.608. The highest BCUT2D eigenvalue weighted by Gasteiger charge is 2.13. The van der Waals surface area contributed by atoms with E-state index in [1.54, 1.807) is 0 Å². The summed E-state index contributed by atoms with van der Waals surface area (Å²) in [5, 5.41) is 14.7. The largest absolute Gasteiger partial charge is 0.486 e. The summed E-state index contributed by atoms with van der Waals surface area (Å²) in [6, 6.07) is 15.3. The number of rotatable bonds is 5. The van der Waals surface area contributed by atoms with Crippen LogP contribution in [0.3, 0.4) is 0 Å². The first kappa shape index (κ1) is 19.8. The van der Waals surface area contributed by atoms with Crippen molar-refractivity contribution in [1.29, 1.82) is 0 Å². The normalized spacial score (nSPS) is 11.1. The van der Waals surface area contributed by atoms with Crippen molar-refractivity contribution >= 4 is 28.2 Å². The Morgan fingerprint density at radius 3 is 2.50 bits per heavy atom. The molecule has 2 N–H and O–H groups in total. The van der Waals surface area contributed by atoms with Gasteiger partial charge >= 0.3 is 6.03 Å². The fourth-order valence-electron chi connectivity index (χ4n) is 2.53. The second kappa shape index (κ2) is 8.39. The molecule has 3 rings (SSSR count). The minimum Gasteiger partial charge on any atom is -0.486 e. The monoisotopic (exact) mass is 396 g/mol. The average molecular weight is 397 g/mol. The number of carbonyl (C=O) groups is 1. The highest BCUT2D eigenvalue weighted by molar-refractivity contribution is 7.15. The van der Waals surface area contributed by atoms with Crippen LogP contribution in [0.5, 0.6) is 5.75 Å². The fourth-order valence-corrected chi connectivity index (χ4v) is 3.17. The average Bonchev–Trinajstić information content (AvgIpc) is 3.07. The maximum Gasteiger partial charge on any atom is 0.325 e. The smallest absolute Gasteiger partial charge is 0.325 e. The van der Waals surface area contributed by atoms with Crippen LogP contribution in [0.25, 0.3) is 0 Å². The zero-order valence-electron chi connectivity index (χ0n) is 16.4. The number of carbonyl (C=O) groups excluding carboxylic acids is 1. The Bertz CT molecular complexity index is 946. The van der Waals surface area contributed by atoms with Gasteiger partial charge < -0.3 is 10.1 Å². The Labute approximate surface area is 169 Å². The number of amides is 2. The molecule has 0 bridgehead atoms. The Hall–Kier alpha value is -2.93. The minimum atomic E-state index is -0.356. The molecule has 6 nitrogen and oxygen atoms in total. The molecular formula is C21H24N4O2S. The summed E-state index contributed by atoms with van der Waals surface area (Å²) in [5.74, 6) is 0.779. The Morgan fingerprint density at radius 1 is 1.07 bits per heavy atom. The van der Waals surface area contributed by atoms with Crippen molar-refractivity contribution in [2.24, 2.45) is 0 Å². The lowest BCUT2D eigenvalue weighted by Gasteiger charge is -2.19. The Balaban J connectivity index is 1.52. The van der Waals surface area contributed by atoms with Crippen LogP contribution in [0.2, 0.25) is 0 Å². The molecule has 7 heteroatoms. The molecule has 0 atom stereocenters. The molecule has 0 aliphatic carbocycles. The van der Waals surface area contributed by atoms with E-state index in [9.17, 15) is 4.79 Å². The number of aryl methyl sites for hydroxylation is 1. The molecular weight excluding hydrogens is 372 g/mol. The summed E-state index contributed by atoms with van der Waals surface area (Å²) in [4.78, 5) is 12.2. The van der Waals surface area contributed by atoms with E-state index in [1.165, 1.54) is 16.9 Å². The maximum atomic E-state index is 12.2. The zero-order chi connectivity index (χ0) is 20.1. The van der Waals surface area contributed by atoms with Gasteiger partial charge in [-0.25, -0.2) is 4.79 Å².